The Bertz CT molecular complexity index is 669. The molecule has 0 aliphatic rings. The zero-order valence-corrected chi connectivity index (χ0v) is 12.6. The van der Waals surface area contributed by atoms with Crippen molar-refractivity contribution >= 4 is 23.2 Å². The number of hydrogen-bond acceptors (Lipinski definition) is 5. The Kier molecular flexibility index (Phi) is 4.64. The van der Waals surface area contributed by atoms with E-state index < -0.39 is 5.97 Å². The summed E-state index contributed by atoms with van der Waals surface area (Å²) < 4.78 is 0. The highest BCUT2D eigenvalue weighted by atomic mass is 32.1. The fraction of sp³-hybridized carbons (Fsp3) is 0.286. The molecule has 0 radical (unpaired) electrons. The minimum atomic E-state index is -1.15. The van der Waals surface area contributed by atoms with Crippen LogP contribution >= 0.6 is 11.3 Å². The number of nitrogens with zero attached hydrogens (tertiary/aromatic N) is 3. The zero-order chi connectivity index (χ0) is 15.4. The highest BCUT2D eigenvalue weighted by Gasteiger charge is 2.15. The normalized spacial score (nSPS) is 10.4. The van der Waals surface area contributed by atoms with Gasteiger partial charge < -0.3 is 10.0 Å². The lowest BCUT2D eigenvalue weighted by Crippen LogP contribution is -2.29. The van der Waals surface area contributed by atoms with E-state index in [0.29, 0.717) is 18.5 Å². The number of aromatic nitrogens is 2. The third-order valence-corrected chi connectivity index (χ3v) is 3.88. The quantitative estimate of drug-likeness (QED) is 0.911. The van der Waals surface area contributed by atoms with Crippen LogP contribution in [0.25, 0.3) is 0 Å². The molecule has 0 saturated carbocycles. The summed E-state index contributed by atoms with van der Waals surface area (Å²) in [6.45, 7) is 2.51. The van der Waals surface area contributed by atoms with Gasteiger partial charge in [0.15, 0.2) is 0 Å². The van der Waals surface area contributed by atoms with Gasteiger partial charge >= 0.3 is 5.97 Å². The SMILES string of the molecule is Cc1cnc(CCN(C)C(=O)c2ccnc(C(=O)O)c2)s1. The average Bonchev–Trinajstić information content (AvgIpc) is 2.89. The van der Waals surface area contributed by atoms with Crippen molar-refractivity contribution in [2.24, 2.45) is 0 Å². The van der Waals surface area contributed by atoms with E-state index in [2.05, 4.69) is 9.97 Å². The number of carboxylic acid groups (broad SMARTS) is 1. The minimum Gasteiger partial charge on any atom is -0.477 e. The Morgan fingerprint density at radius 1 is 1.38 bits per heavy atom. The number of aryl methyl sites for hydroxylation is 1. The van der Waals surface area contributed by atoms with Gasteiger partial charge in [-0.15, -0.1) is 11.3 Å². The molecule has 2 aromatic rings. The van der Waals surface area contributed by atoms with E-state index in [4.69, 9.17) is 5.11 Å². The summed E-state index contributed by atoms with van der Waals surface area (Å²) in [5, 5.41) is 9.87. The van der Waals surface area contributed by atoms with Crippen LogP contribution in [0.3, 0.4) is 0 Å². The lowest BCUT2D eigenvalue weighted by atomic mass is 10.2. The number of carbonyl (C=O) groups is 2. The summed E-state index contributed by atoms with van der Waals surface area (Å²) in [7, 11) is 1.68. The van der Waals surface area contributed by atoms with Crippen molar-refractivity contribution in [1.82, 2.24) is 14.9 Å². The molecule has 0 bridgehead atoms. The van der Waals surface area contributed by atoms with Crippen LogP contribution in [-0.4, -0.2) is 45.4 Å². The maximum absolute atomic E-state index is 12.2. The second kappa shape index (κ2) is 6.45. The first-order chi connectivity index (χ1) is 9.97. The molecule has 7 heteroatoms. The number of carbonyl (C=O) groups excluding carboxylic acids is 1. The highest BCUT2D eigenvalue weighted by Crippen LogP contribution is 2.12. The number of pyridine rings is 1. The molecule has 0 aliphatic heterocycles. The second-order valence-corrected chi connectivity index (χ2v) is 5.90. The van der Waals surface area contributed by atoms with E-state index in [1.54, 1.807) is 23.3 Å². The maximum atomic E-state index is 12.2. The van der Waals surface area contributed by atoms with Gasteiger partial charge in [-0.1, -0.05) is 0 Å². The van der Waals surface area contributed by atoms with E-state index in [1.807, 2.05) is 13.1 Å². The largest absolute Gasteiger partial charge is 0.477 e. The molecule has 0 saturated heterocycles. The molecule has 0 atom stereocenters. The van der Waals surface area contributed by atoms with E-state index >= 15 is 0 Å². The predicted molar refractivity (Wildman–Crippen MR) is 78.7 cm³/mol. The van der Waals surface area contributed by atoms with Crippen LogP contribution in [0.5, 0.6) is 0 Å². The summed E-state index contributed by atoms with van der Waals surface area (Å²) in [6, 6.07) is 2.80. The number of amides is 1. The predicted octanol–water partition coefficient (Wildman–Crippen LogP) is 1.86. The van der Waals surface area contributed by atoms with Crippen molar-refractivity contribution in [3.63, 3.8) is 0 Å². The molecule has 0 aromatic carbocycles. The van der Waals surface area contributed by atoms with Gasteiger partial charge in [0.2, 0.25) is 0 Å². The van der Waals surface area contributed by atoms with Crippen molar-refractivity contribution in [3.8, 4) is 0 Å². The second-order valence-electron chi connectivity index (χ2n) is 4.58. The first-order valence-corrected chi connectivity index (χ1v) is 7.15. The van der Waals surface area contributed by atoms with Gasteiger partial charge in [-0.05, 0) is 19.1 Å². The van der Waals surface area contributed by atoms with Gasteiger partial charge in [-0.25, -0.2) is 14.8 Å². The molecule has 1 amide bonds. The van der Waals surface area contributed by atoms with E-state index in [9.17, 15) is 9.59 Å². The van der Waals surface area contributed by atoms with E-state index in [0.717, 1.165) is 9.88 Å². The number of rotatable bonds is 5. The van der Waals surface area contributed by atoms with Gasteiger partial charge in [0.1, 0.15) is 5.69 Å². The molecular formula is C14H15N3O3S. The molecule has 0 fully saturated rings. The Hall–Kier alpha value is -2.28. The molecule has 0 aliphatic carbocycles. The van der Waals surface area contributed by atoms with Gasteiger partial charge in [0, 0.05) is 42.8 Å². The van der Waals surface area contributed by atoms with E-state index in [1.165, 1.54) is 18.3 Å². The fourth-order valence-corrected chi connectivity index (χ4v) is 2.56. The maximum Gasteiger partial charge on any atom is 0.354 e. The summed E-state index contributed by atoms with van der Waals surface area (Å²) in [4.78, 5) is 33.7. The topological polar surface area (TPSA) is 83.4 Å². The lowest BCUT2D eigenvalue weighted by Gasteiger charge is -2.16. The standard InChI is InChI=1S/C14H15N3O3S/c1-9-8-16-12(21-9)4-6-17(2)13(18)10-3-5-15-11(7-10)14(19)20/h3,5,7-8H,4,6H2,1-2H3,(H,19,20). The van der Waals surface area contributed by atoms with Gasteiger partial charge in [-0.2, -0.15) is 0 Å². The van der Waals surface area contributed by atoms with Crippen molar-refractivity contribution in [3.05, 3.63) is 45.7 Å². The monoisotopic (exact) mass is 305 g/mol. The zero-order valence-electron chi connectivity index (χ0n) is 11.7. The molecular weight excluding hydrogens is 290 g/mol. The molecule has 2 aromatic heterocycles. The lowest BCUT2D eigenvalue weighted by molar-refractivity contribution is 0.0690. The number of hydrogen-bond donors (Lipinski definition) is 1. The van der Waals surface area contributed by atoms with Gasteiger partial charge in [0.25, 0.3) is 5.91 Å². The van der Waals surface area contributed by atoms with Crippen LogP contribution in [0.15, 0.2) is 24.5 Å². The highest BCUT2D eigenvalue weighted by molar-refractivity contribution is 7.11. The number of aromatic carboxylic acids is 1. The van der Waals surface area contributed by atoms with Crippen LogP contribution in [0, 0.1) is 6.92 Å². The summed E-state index contributed by atoms with van der Waals surface area (Å²) in [5.74, 6) is -1.38. The molecule has 0 spiro atoms. The van der Waals surface area contributed by atoms with Gasteiger partial charge in [0.05, 0.1) is 5.01 Å². The van der Waals surface area contributed by atoms with Crippen molar-refractivity contribution < 1.29 is 14.7 Å². The summed E-state index contributed by atoms with van der Waals surface area (Å²) >= 11 is 1.61. The smallest absolute Gasteiger partial charge is 0.354 e. The minimum absolute atomic E-state index is 0.134. The van der Waals surface area contributed by atoms with Crippen LogP contribution in [-0.2, 0) is 6.42 Å². The molecule has 21 heavy (non-hydrogen) atoms. The Balaban J connectivity index is 2.01. The van der Waals surface area contributed by atoms with Gasteiger partial charge in [-0.3, -0.25) is 4.79 Å². The summed E-state index contributed by atoms with van der Waals surface area (Å²) in [5.41, 5.74) is 0.185. The summed E-state index contributed by atoms with van der Waals surface area (Å²) in [6.07, 6.45) is 3.82. The molecule has 0 unspecified atom stereocenters. The Labute approximate surface area is 126 Å². The van der Waals surface area contributed by atoms with E-state index in [-0.39, 0.29) is 11.6 Å². The molecule has 2 heterocycles. The third-order valence-electron chi connectivity index (χ3n) is 2.90. The average molecular weight is 305 g/mol. The molecule has 2 rings (SSSR count). The van der Waals surface area contributed by atoms with Crippen LogP contribution in [0.4, 0.5) is 0 Å². The molecule has 6 nitrogen and oxygen atoms in total. The number of carboxylic acids is 1. The first kappa shape index (κ1) is 15.1. The fourth-order valence-electron chi connectivity index (χ4n) is 1.78. The third kappa shape index (κ3) is 3.85. The Morgan fingerprint density at radius 3 is 2.76 bits per heavy atom. The van der Waals surface area contributed by atoms with Crippen LogP contribution < -0.4 is 0 Å². The van der Waals surface area contributed by atoms with Crippen molar-refractivity contribution in [1.29, 1.82) is 0 Å². The Morgan fingerprint density at radius 2 is 2.14 bits per heavy atom. The van der Waals surface area contributed by atoms with Crippen LogP contribution in [0.1, 0.15) is 30.7 Å². The number of thiazole rings is 1. The molecule has 1 N–H and O–H groups in total. The number of likely N-dealkylation sites (N-methyl/N-ethyl adjacent to an activating group) is 1. The van der Waals surface area contributed by atoms with Crippen molar-refractivity contribution in [2.75, 3.05) is 13.6 Å². The first-order valence-electron chi connectivity index (χ1n) is 6.33. The van der Waals surface area contributed by atoms with Crippen LogP contribution in [0.2, 0.25) is 0 Å². The molecule has 110 valence electrons. The van der Waals surface area contributed by atoms with Crippen molar-refractivity contribution in [2.45, 2.75) is 13.3 Å².